The summed E-state index contributed by atoms with van der Waals surface area (Å²) in [4.78, 5) is 16.4. The number of nitrogens with one attached hydrogen (secondary N) is 1. The molecule has 1 N–H and O–H groups in total. The average Bonchev–Trinajstić information content (AvgIpc) is 2.64. The topological polar surface area (TPSA) is 41.5 Å². The molecule has 18 heavy (non-hydrogen) atoms. The summed E-state index contributed by atoms with van der Waals surface area (Å²) in [6, 6.07) is 10.2. The van der Waals surface area contributed by atoms with E-state index in [0.717, 1.165) is 17.0 Å². The van der Waals surface area contributed by atoms with Gasteiger partial charge in [0.2, 0.25) is 0 Å². The number of hydrogen-bond donors (Lipinski definition) is 1. The Kier molecular flexibility index (Phi) is 2.55. The number of benzene rings is 1. The van der Waals surface area contributed by atoms with Gasteiger partial charge in [0.1, 0.15) is 5.37 Å². The maximum Gasteiger partial charge on any atom is 0.256 e. The molecule has 0 radical (unpaired) electrons. The van der Waals surface area contributed by atoms with Crippen molar-refractivity contribution in [2.24, 2.45) is 4.99 Å². The molecule has 2 unspecified atom stereocenters. The summed E-state index contributed by atoms with van der Waals surface area (Å²) in [5.41, 5.74) is 1.34. The van der Waals surface area contributed by atoms with E-state index in [9.17, 15) is 4.79 Å². The van der Waals surface area contributed by atoms with Crippen LogP contribution in [-0.2, 0) is 11.2 Å². The van der Waals surface area contributed by atoms with Crippen molar-refractivity contribution in [3.05, 3.63) is 48.0 Å². The molecule has 3 rings (SSSR count). The van der Waals surface area contributed by atoms with E-state index in [1.807, 2.05) is 25.1 Å². The van der Waals surface area contributed by atoms with E-state index >= 15 is 0 Å². The zero-order valence-electron chi connectivity index (χ0n) is 10.1. The van der Waals surface area contributed by atoms with E-state index in [1.54, 1.807) is 11.8 Å². The summed E-state index contributed by atoms with van der Waals surface area (Å²) in [6.45, 7) is 5.80. The Morgan fingerprint density at radius 2 is 2.22 bits per heavy atom. The number of nitrogens with zero attached hydrogens (tertiary/aromatic N) is 1. The van der Waals surface area contributed by atoms with Gasteiger partial charge in [0.05, 0.1) is 5.04 Å². The lowest BCUT2D eigenvalue weighted by Gasteiger charge is -2.41. The van der Waals surface area contributed by atoms with E-state index in [1.165, 1.54) is 5.56 Å². The Morgan fingerprint density at radius 1 is 1.50 bits per heavy atom. The predicted octanol–water partition coefficient (Wildman–Crippen LogP) is 2.15. The third-order valence-electron chi connectivity index (χ3n) is 3.39. The number of carbonyl (C=O) groups is 1. The van der Waals surface area contributed by atoms with Gasteiger partial charge in [-0.1, -0.05) is 48.7 Å². The van der Waals surface area contributed by atoms with Gasteiger partial charge in [-0.3, -0.25) is 9.79 Å². The van der Waals surface area contributed by atoms with Crippen molar-refractivity contribution in [3.8, 4) is 0 Å². The highest BCUT2D eigenvalue weighted by molar-refractivity contribution is 8.15. The summed E-state index contributed by atoms with van der Waals surface area (Å²) < 4.78 is 0. The largest absolute Gasteiger partial charge is 0.338 e. The average molecular weight is 258 g/mol. The molecule has 4 heteroatoms. The van der Waals surface area contributed by atoms with Crippen LogP contribution in [-0.4, -0.2) is 21.9 Å². The van der Waals surface area contributed by atoms with Crippen molar-refractivity contribution < 1.29 is 4.79 Å². The Balaban J connectivity index is 1.86. The molecule has 2 aliphatic heterocycles. The van der Waals surface area contributed by atoms with Gasteiger partial charge in [-0.15, -0.1) is 0 Å². The molecule has 92 valence electrons. The van der Waals surface area contributed by atoms with Crippen LogP contribution in [0, 0.1) is 0 Å². The number of carbonyl (C=O) groups excluding carboxylic acids is 1. The lowest BCUT2D eigenvalue weighted by molar-refractivity contribution is -0.131. The predicted molar refractivity (Wildman–Crippen MR) is 74.6 cm³/mol. The molecule has 1 aromatic rings. The van der Waals surface area contributed by atoms with Crippen LogP contribution >= 0.6 is 11.8 Å². The molecule has 0 spiro atoms. The number of hydrogen-bond acceptors (Lipinski definition) is 3. The molecule has 1 amide bonds. The minimum atomic E-state index is -0.700. The monoisotopic (exact) mass is 258 g/mol. The maximum absolute atomic E-state index is 11.8. The smallest absolute Gasteiger partial charge is 0.256 e. The second-order valence-electron chi connectivity index (χ2n) is 4.69. The number of amides is 1. The molecule has 0 aromatic heterocycles. The second kappa shape index (κ2) is 3.99. The molecule has 1 aromatic carbocycles. The van der Waals surface area contributed by atoms with E-state index < -0.39 is 5.54 Å². The summed E-state index contributed by atoms with van der Waals surface area (Å²) >= 11 is 1.64. The molecule has 0 bridgehead atoms. The van der Waals surface area contributed by atoms with E-state index in [-0.39, 0.29) is 11.3 Å². The fraction of sp³-hybridized carbons (Fsp3) is 0.286. The summed E-state index contributed by atoms with van der Waals surface area (Å²) in [5, 5.41) is 3.94. The molecule has 3 nitrogen and oxygen atoms in total. The SMILES string of the molecule is C=C(C)C12N=C(Cc3ccccc3)SC1NC2=O. The minimum absolute atomic E-state index is 0.0180. The van der Waals surface area contributed by atoms with Crippen LogP contribution in [0.5, 0.6) is 0 Å². The van der Waals surface area contributed by atoms with Crippen molar-refractivity contribution in [3.63, 3.8) is 0 Å². The van der Waals surface area contributed by atoms with Crippen molar-refractivity contribution in [2.45, 2.75) is 24.3 Å². The summed E-state index contributed by atoms with van der Waals surface area (Å²) in [6.07, 6.45) is 0.784. The third-order valence-corrected chi connectivity index (χ3v) is 4.59. The first-order valence-electron chi connectivity index (χ1n) is 5.89. The Morgan fingerprint density at radius 3 is 2.78 bits per heavy atom. The van der Waals surface area contributed by atoms with Crippen LogP contribution in [0.2, 0.25) is 0 Å². The molecule has 2 aliphatic rings. The maximum atomic E-state index is 11.8. The van der Waals surface area contributed by atoms with Crippen molar-refractivity contribution in [1.29, 1.82) is 0 Å². The number of aliphatic imine (C=N–C) groups is 1. The number of thioether (sulfide) groups is 1. The fourth-order valence-corrected chi connectivity index (χ4v) is 3.74. The number of rotatable bonds is 3. The first kappa shape index (κ1) is 11.5. The molecule has 2 heterocycles. The van der Waals surface area contributed by atoms with Crippen molar-refractivity contribution >= 4 is 22.7 Å². The van der Waals surface area contributed by atoms with Crippen molar-refractivity contribution in [1.82, 2.24) is 5.32 Å². The van der Waals surface area contributed by atoms with Gasteiger partial charge in [-0.05, 0) is 18.1 Å². The molecule has 0 saturated carbocycles. The molecular formula is C14H14N2OS. The van der Waals surface area contributed by atoms with Crippen molar-refractivity contribution in [2.75, 3.05) is 0 Å². The van der Waals surface area contributed by atoms with Gasteiger partial charge in [-0.2, -0.15) is 0 Å². The van der Waals surface area contributed by atoms with Crippen LogP contribution in [0.25, 0.3) is 0 Å². The first-order chi connectivity index (χ1) is 8.63. The van der Waals surface area contributed by atoms with Gasteiger partial charge in [-0.25, -0.2) is 0 Å². The fourth-order valence-electron chi connectivity index (χ4n) is 2.32. The van der Waals surface area contributed by atoms with Gasteiger partial charge < -0.3 is 5.32 Å². The van der Waals surface area contributed by atoms with Crippen LogP contribution in [0.4, 0.5) is 0 Å². The second-order valence-corrected chi connectivity index (χ2v) is 5.86. The first-order valence-corrected chi connectivity index (χ1v) is 6.77. The molecule has 2 atom stereocenters. The summed E-state index contributed by atoms with van der Waals surface area (Å²) in [7, 11) is 0. The van der Waals surface area contributed by atoms with Gasteiger partial charge in [0, 0.05) is 6.42 Å². The van der Waals surface area contributed by atoms with E-state index in [4.69, 9.17) is 0 Å². The van der Waals surface area contributed by atoms with Gasteiger partial charge in [0.25, 0.3) is 5.91 Å². The van der Waals surface area contributed by atoms with E-state index in [2.05, 4.69) is 29.0 Å². The summed E-state index contributed by atoms with van der Waals surface area (Å²) in [5.74, 6) is -0.0180. The molecular weight excluding hydrogens is 244 g/mol. The zero-order chi connectivity index (χ0) is 12.8. The van der Waals surface area contributed by atoms with Crippen LogP contribution in [0.3, 0.4) is 0 Å². The molecule has 1 saturated heterocycles. The standard InChI is InChI=1S/C14H14N2OS/c1-9(2)14-12(17)15-13(14)18-11(16-14)8-10-6-4-3-5-7-10/h3-7,13H,1,8H2,2H3,(H,15,17). The Labute approximate surface area is 110 Å². The molecule has 0 aliphatic carbocycles. The normalized spacial score (nSPS) is 29.1. The van der Waals surface area contributed by atoms with Crippen LogP contribution in [0.15, 0.2) is 47.5 Å². The van der Waals surface area contributed by atoms with Crippen LogP contribution < -0.4 is 5.32 Å². The Bertz CT molecular complexity index is 542. The minimum Gasteiger partial charge on any atom is -0.338 e. The lowest BCUT2D eigenvalue weighted by atomic mass is 9.85. The third kappa shape index (κ3) is 1.52. The highest BCUT2D eigenvalue weighted by Crippen LogP contribution is 2.45. The lowest BCUT2D eigenvalue weighted by Crippen LogP contribution is -2.68. The zero-order valence-corrected chi connectivity index (χ0v) is 11.0. The quantitative estimate of drug-likeness (QED) is 0.666. The highest BCUT2D eigenvalue weighted by atomic mass is 32.2. The highest BCUT2D eigenvalue weighted by Gasteiger charge is 2.60. The Hall–Kier alpha value is -1.55. The molecule has 1 fully saturated rings. The van der Waals surface area contributed by atoms with E-state index in [0.29, 0.717) is 0 Å². The van der Waals surface area contributed by atoms with Crippen LogP contribution in [0.1, 0.15) is 12.5 Å². The number of β-lactam (4-membered cyclic amide) rings is 1. The van der Waals surface area contributed by atoms with Gasteiger partial charge >= 0.3 is 0 Å². The van der Waals surface area contributed by atoms with Gasteiger partial charge in [0.15, 0.2) is 5.54 Å². The number of fused-ring (bicyclic) bond motifs is 1.